The van der Waals surface area contributed by atoms with Crippen molar-refractivity contribution in [3.8, 4) is 12.3 Å². The summed E-state index contributed by atoms with van der Waals surface area (Å²) < 4.78 is 0. The predicted octanol–water partition coefficient (Wildman–Crippen LogP) is 0.947. The Labute approximate surface area is 50.0 Å². The van der Waals surface area contributed by atoms with Crippen molar-refractivity contribution in [3.05, 3.63) is 12.7 Å². The zero-order valence-electron chi connectivity index (χ0n) is 5.02. The lowest BCUT2D eigenvalue weighted by Gasteiger charge is -2.12. The predicted molar refractivity (Wildman–Crippen MR) is 34.3 cm³/mol. The molecule has 0 radical (unpaired) electrons. The van der Waals surface area contributed by atoms with Gasteiger partial charge in [-0.3, -0.25) is 0 Å². The van der Waals surface area contributed by atoms with Crippen LogP contribution in [-0.4, -0.2) is 10.7 Å². The molecule has 0 spiro atoms. The summed E-state index contributed by atoms with van der Waals surface area (Å²) in [7, 11) is 0. The van der Waals surface area contributed by atoms with Crippen LogP contribution in [-0.2, 0) is 0 Å². The van der Waals surface area contributed by atoms with Crippen molar-refractivity contribution in [2.24, 2.45) is 0 Å². The first kappa shape index (κ1) is 7.26. The van der Waals surface area contributed by atoms with Gasteiger partial charge in [-0.2, -0.15) is 0 Å². The fourth-order valence-corrected chi connectivity index (χ4v) is 0.279. The highest BCUT2D eigenvalue weighted by Crippen LogP contribution is 2.07. The van der Waals surface area contributed by atoms with Crippen LogP contribution in [0.25, 0.3) is 0 Å². The molecule has 1 heteroatoms. The maximum absolute atomic E-state index is 9.06. The molecule has 0 saturated heterocycles. The van der Waals surface area contributed by atoms with Gasteiger partial charge in [-0.05, 0) is 6.92 Å². The number of hydrogen-bond donors (Lipinski definition) is 1. The van der Waals surface area contributed by atoms with Gasteiger partial charge in [0.15, 0.2) is 0 Å². The fourth-order valence-electron chi connectivity index (χ4n) is 0.279. The molecule has 1 nitrogen and oxygen atoms in total. The largest absolute Gasteiger partial charge is 0.385 e. The zero-order chi connectivity index (χ0) is 6.62. The van der Waals surface area contributed by atoms with Gasteiger partial charge in [0.2, 0.25) is 0 Å². The lowest BCUT2D eigenvalue weighted by atomic mass is 10.0. The molecule has 0 aromatic heterocycles. The van der Waals surface area contributed by atoms with Crippen molar-refractivity contribution >= 4 is 0 Å². The Morgan fingerprint density at radius 1 is 2.00 bits per heavy atom. The maximum atomic E-state index is 9.06. The van der Waals surface area contributed by atoms with Gasteiger partial charge >= 0.3 is 0 Å². The molecule has 0 amide bonds. The second-order valence-electron chi connectivity index (χ2n) is 1.94. The molecule has 0 aliphatic carbocycles. The van der Waals surface area contributed by atoms with E-state index in [0.717, 1.165) is 0 Å². The van der Waals surface area contributed by atoms with E-state index < -0.39 is 5.60 Å². The van der Waals surface area contributed by atoms with Crippen LogP contribution in [0.1, 0.15) is 13.3 Å². The molecule has 0 rings (SSSR count). The molecular formula is C7H10O. The molecule has 0 saturated carbocycles. The minimum Gasteiger partial charge on any atom is -0.385 e. The number of aliphatic hydroxyl groups is 1. The van der Waals surface area contributed by atoms with Gasteiger partial charge in [-0.1, -0.05) is 6.08 Å². The van der Waals surface area contributed by atoms with E-state index in [1.54, 1.807) is 6.92 Å². The van der Waals surface area contributed by atoms with E-state index in [1.807, 2.05) is 0 Å². The number of rotatable bonds is 2. The first-order valence-electron chi connectivity index (χ1n) is 2.42. The van der Waals surface area contributed by atoms with Crippen molar-refractivity contribution in [2.75, 3.05) is 0 Å². The zero-order valence-corrected chi connectivity index (χ0v) is 5.02. The Hall–Kier alpha value is -0.740. The molecule has 44 valence electrons. The first-order chi connectivity index (χ1) is 3.62. The van der Waals surface area contributed by atoms with Crippen LogP contribution in [0.5, 0.6) is 0 Å². The first-order valence-corrected chi connectivity index (χ1v) is 2.42. The highest BCUT2D eigenvalue weighted by atomic mass is 16.3. The molecule has 0 aliphatic heterocycles. The highest BCUT2D eigenvalue weighted by molar-refractivity contribution is 5.01. The van der Waals surface area contributed by atoms with Crippen LogP contribution in [0.15, 0.2) is 12.7 Å². The Balaban J connectivity index is 3.76. The second kappa shape index (κ2) is 2.54. The van der Waals surface area contributed by atoms with Crippen LogP contribution in [0.4, 0.5) is 0 Å². The molecule has 1 N–H and O–H groups in total. The number of terminal acetylenes is 1. The van der Waals surface area contributed by atoms with E-state index >= 15 is 0 Å². The van der Waals surface area contributed by atoms with Crippen LogP contribution >= 0.6 is 0 Å². The van der Waals surface area contributed by atoms with Crippen LogP contribution in [0.3, 0.4) is 0 Å². The minimum atomic E-state index is -0.880. The summed E-state index contributed by atoms with van der Waals surface area (Å²) in [6, 6.07) is 0. The standard InChI is InChI=1S/C7H10O/c1-4-6-7(3,8)5-2/h1,5,8H,2,6H2,3H3/t7-/m1/s1. The minimum absolute atomic E-state index is 0.330. The van der Waals surface area contributed by atoms with Crippen molar-refractivity contribution in [3.63, 3.8) is 0 Å². The molecule has 0 aromatic carbocycles. The summed E-state index contributed by atoms with van der Waals surface area (Å²) in [5.74, 6) is 2.34. The van der Waals surface area contributed by atoms with E-state index in [1.165, 1.54) is 6.08 Å². The van der Waals surface area contributed by atoms with E-state index in [-0.39, 0.29) is 0 Å². The van der Waals surface area contributed by atoms with Gasteiger partial charge in [-0.25, -0.2) is 0 Å². The topological polar surface area (TPSA) is 20.2 Å². The van der Waals surface area contributed by atoms with Crippen molar-refractivity contribution in [1.82, 2.24) is 0 Å². The van der Waals surface area contributed by atoms with Gasteiger partial charge < -0.3 is 5.11 Å². The van der Waals surface area contributed by atoms with Crippen LogP contribution in [0.2, 0.25) is 0 Å². The van der Waals surface area contributed by atoms with E-state index in [0.29, 0.717) is 6.42 Å². The maximum Gasteiger partial charge on any atom is 0.0905 e. The normalized spacial score (nSPS) is 16.1. The van der Waals surface area contributed by atoms with Crippen LogP contribution in [0, 0.1) is 12.3 Å². The second-order valence-corrected chi connectivity index (χ2v) is 1.94. The highest BCUT2D eigenvalue weighted by Gasteiger charge is 2.11. The average molecular weight is 110 g/mol. The van der Waals surface area contributed by atoms with Gasteiger partial charge in [0.25, 0.3) is 0 Å². The van der Waals surface area contributed by atoms with E-state index in [9.17, 15) is 0 Å². The van der Waals surface area contributed by atoms with Gasteiger partial charge in [0.05, 0.1) is 5.60 Å². The summed E-state index contributed by atoms with van der Waals surface area (Å²) in [5, 5.41) is 9.06. The molecule has 0 aromatic rings. The SMILES string of the molecule is C#CC[C@](C)(O)C=C. The quantitative estimate of drug-likeness (QED) is 0.414. The smallest absolute Gasteiger partial charge is 0.0905 e. The third kappa shape index (κ3) is 2.44. The van der Waals surface area contributed by atoms with Crippen molar-refractivity contribution < 1.29 is 5.11 Å². The van der Waals surface area contributed by atoms with Crippen molar-refractivity contribution in [2.45, 2.75) is 18.9 Å². The average Bonchev–Trinajstić information content (AvgIpc) is 1.67. The Morgan fingerprint density at radius 3 is 2.62 bits per heavy atom. The Morgan fingerprint density at radius 2 is 2.50 bits per heavy atom. The lowest BCUT2D eigenvalue weighted by molar-refractivity contribution is 0.118. The molecule has 8 heavy (non-hydrogen) atoms. The fraction of sp³-hybridized carbons (Fsp3) is 0.429. The summed E-state index contributed by atoms with van der Waals surface area (Å²) in [4.78, 5) is 0. The third-order valence-corrected chi connectivity index (χ3v) is 0.900. The summed E-state index contributed by atoms with van der Waals surface area (Å²) in [6.07, 6.45) is 6.70. The molecule has 1 atom stereocenters. The molecular weight excluding hydrogens is 100 g/mol. The summed E-state index contributed by atoms with van der Waals surface area (Å²) in [6.45, 7) is 5.03. The van der Waals surface area contributed by atoms with E-state index in [4.69, 9.17) is 11.5 Å². The van der Waals surface area contributed by atoms with Gasteiger partial charge in [0.1, 0.15) is 0 Å². The molecule has 0 unspecified atom stereocenters. The van der Waals surface area contributed by atoms with E-state index in [2.05, 4.69) is 12.5 Å². The molecule has 0 fully saturated rings. The van der Waals surface area contributed by atoms with Crippen molar-refractivity contribution in [1.29, 1.82) is 0 Å². The molecule has 0 bridgehead atoms. The Kier molecular flexibility index (Phi) is 2.30. The lowest BCUT2D eigenvalue weighted by Crippen LogP contribution is -2.18. The molecule has 0 aliphatic rings. The van der Waals surface area contributed by atoms with Gasteiger partial charge in [-0.15, -0.1) is 18.9 Å². The third-order valence-electron chi connectivity index (χ3n) is 0.900. The van der Waals surface area contributed by atoms with Gasteiger partial charge in [0, 0.05) is 6.42 Å². The monoisotopic (exact) mass is 110 g/mol. The number of hydrogen-bond acceptors (Lipinski definition) is 1. The summed E-state index contributed by atoms with van der Waals surface area (Å²) in [5.41, 5.74) is -0.880. The summed E-state index contributed by atoms with van der Waals surface area (Å²) >= 11 is 0. The van der Waals surface area contributed by atoms with Crippen LogP contribution < -0.4 is 0 Å². The Bertz CT molecular complexity index is 117. The molecule has 0 heterocycles.